The maximum atomic E-state index is 11.8. The summed E-state index contributed by atoms with van der Waals surface area (Å²) in [5.74, 6) is 0.596. The lowest BCUT2D eigenvalue weighted by Crippen LogP contribution is -2.57. The molecule has 2 aliphatic heterocycles. The van der Waals surface area contributed by atoms with Crippen LogP contribution in [0.1, 0.15) is 12.8 Å². The van der Waals surface area contributed by atoms with Gasteiger partial charge in [-0.2, -0.15) is 0 Å². The van der Waals surface area contributed by atoms with E-state index in [0.29, 0.717) is 23.3 Å². The molecule has 2 saturated heterocycles. The minimum absolute atomic E-state index is 0. The Bertz CT molecular complexity index is 261. The lowest BCUT2D eigenvalue weighted by molar-refractivity contribution is -0.124. The predicted octanol–water partition coefficient (Wildman–Crippen LogP) is -0.504. The van der Waals surface area contributed by atoms with Crippen LogP contribution in [0.2, 0.25) is 0 Å². The second kappa shape index (κ2) is 3.92. The fourth-order valence-electron chi connectivity index (χ4n) is 2.65. The fourth-order valence-corrected chi connectivity index (χ4v) is 2.65. The lowest BCUT2D eigenvalue weighted by Gasteiger charge is -2.28. The van der Waals surface area contributed by atoms with Gasteiger partial charge in [-0.25, -0.2) is 0 Å². The summed E-state index contributed by atoms with van der Waals surface area (Å²) in [5, 5.41) is 9.61. The zero-order chi connectivity index (χ0) is 9.60. The van der Waals surface area contributed by atoms with E-state index in [2.05, 4.69) is 16.0 Å². The number of halogens is 1. The molecule has 1 saturated carbocycles. The van der Waals surface area contributed by atoms with E-state index in [1.165, 1.54) is 6.42 Å². The van der Waals surface area contributed by atoms with Crippen molar-refractivity contribution in [2.24, 2.45) is 11.3 Å². The maximum Gasteiger partial charge on any atom is 0.224 e. The van der Waals surface area contributed by atoms with E-state index >= 15 is 0 Å². The maximum absolute atomic E-state index is 11.8. The molecule has 5 heteroatoms. The summed E-state index contributed by atoms with van der Waals surface area (Å²) < 4.78 is 0. The van der Waals surface area contributed by atoms with Crippen LogP contribution in [0.3, 0.4) is 0 Å². The summed E-state index contributed by atoms with van der Waals surface area (Å²) in [4.78, 5) is 11.8. The third kappa shape index (κ3) is 1.86. The molecule has 1 spiro atoms. The third-order valence-corrected chi connectivity index (χ3v) is 3.91. The first-order chi connectivity index (χ1) is 6.80. The summed E-state index contributed by atoms with van der Waals surface area (Å²) in [7, 11) is 0. The molecule has 1 aliphatic carbocycles. The number of hydrogen-bond acceptors (Lipinski definition) is 3. The van der Waals surface area contributed by atoms with Crippen LogP contribution in [0.5, 0.6) is 0 Å². The van der Waals surface area contributed by atoms with Gasteiger partial charge >= 0.3 is 0 Å². The molecule has 3 fully saturated rings. The van der Waals surface area contributed by atoms with Crippen molar-refractivity contribution in [1.82, 2.24) is 16.0 Å². The van der Waals surface area contributed by atoms with Gasteiger partial charge in [-0.05, 0) is 24.8 Å². The molecule has 0 aromatic heterocycles. The molecule has 2 unspecified atom stereocenters. The molecular weight excluding hydrogens is 214 g/mol. The molecule has 2 heterocycles. The predicted molar refractivity (Wildman–Crippen MR) is 60.1 cm³/mol. The van der Waals surface area contributed by atoms with E-state index in [0.717, 1.165) is 32.6 Å². The number of rotatable bonds is 2. The molecule has 3 N–H and O–H groups in total. The Kier molecular flexibility index (Phi) is 2.92. The Morgan fingerprint density at radius 3 is 2.67 bits per heavy atom. The van der Waals surface area contributed by atoms with Crippen molar-refractivity contribution in [3.63, 3.8) is 0 Å². The molecule has 86 valence electrons. The molecule has 0 bridgehead atoms. The van der Waals surface area contributed by atoms with Gasteiger partial charge in [0.25, 0.3) is 0 Å². The van der Waals surface area contributed by atoms with E-state index in [4.69, 9.17) is 0 Å². The van der Waals surface area contributed by atoms with Gasteiger partial charge in [-0.1, -0.05) is 0 Å². The summed E-state index contributed by atoms with van der Waals surface area (Å²) >= 11 is 0. The number of carbonyl (C=O) groups is 1. The highest BCUT2D eigenvalue weighted by Crippen LogP contribution is 2.56. The van der Waals surface area contributed by atoms with Crippen molar-refractivity contribution in [1.29, 1.82) is 0 Å². The molecule has 2 atom stereocenters. The minimum Gasteiger partial charge on any atom is -0.351 e. The van der Waals surface area contributed by atoms with Crippen molar-refractivity contribution in [3.05, 3.63) is 0 Å². The highest BCUT2D eigenvalue weighted by atomic mass is 35.5. The number of hydrogen-bond donors (Lipinski definition) is 3. The topological polar surface area (TPSA) is 53.2 Å². The first-order valence-corrected chi connectivity index (χ1v) is 5.52. The van der Waals surface area contributed by atoms with Gasteiger partial charge in [0, 0.05) is 25.6 Å². The van der Waals surface area contributed by atoms with E-state index in [9.17, 15) is 4.79 Å². The lowest BCUT2D eigenvalue weighted by atomic mass is 10.0. The monoisotopic (exact) mass is 231 g/mol. The largest absolute Gasteiger partial charge is 0.351 e. The molecule has 0 aromatic carbocycles. The van der Waals surface area contributed by atoms with E-state index < -0.39 is 0 Å². The van der Waals surface area contributed by atoms with Gasteiger partial charge in [0.05, 0.1) is 6.04 Å². The highest BCUT2D eigenvalue weighted by Gasteiger charge is 2.59. The SMILES string of the molecule is Cl.O=C(NC1CNC1)C1CC12CCNC2. The standard InChI is InChI=1S/C10H17N3O.ClH/c14-9(13-7-4-12-5-7)8-3-10(8)1-2-11-6-10;/h7-8,11-12H,1-6H2,(H,13,14);1H. The van der Waals surface area contributed by atoms with Crippen LogP contribution in [-0.4, -0.2) is 38.1 Å². The van der Waals surface area contributed by atoms with Gasteiger partial charge in [0.15, 0.2) is 0 Å². The first-order valence-electron chi connectivity index (χ1n) is 5.52. The Morgan fingerprint density at radius 2 is 2.13 bits per heavy atom. The molecule has 1 amide bonds. The van der Waals surface area contributed by atoms with Gasteiger partial charge in [0.2, 0.25) is 5.91 Å². The van der Waals surface area contributed by atoms with Crippen molar-refractivity contribution >= 4 is 18.3 Å². The van der Waals surface area contributed by atoms with Gasteiger partial charge < -0.3 is 16.0 Å². The Balaban J connectivity index is 0.000000853. The van der Waals surface area contributed by atoms with Crippen LogP contribution in [0.4, 0.5) is 0 Å². The molecule has 3 rings (SSSR count). The summed E-state index contributed by atoms with van der Waals surface area (Å²) in [6.45, 7) is 4.04. The van der Waals surface area contributed by atoms with Gasteiger partial charge in [-0.3, -0.25) is 4.79 Å². The van der Waals surface area contributed by atoms with Crippen LogP contribution in [0, 0.1) is 11.3 Å². The third-order valence-electron chi connectivity index (χ3n) is 3.91. The first kappa shape index (κ1) is 11.2. The van der Waals surface area contributed by atoms with E-state index in [-0.39, 0.29) is 12.4 Å². The number of amides is 1. The van der Waals surface area contributed by atoms with Crippen LogP contribution >= 0.6 is 12.4 Å². The van der Waals surface area contributed by atoms with Crippen molar-refractivity contribution in [2.75, 3.05) is 26.2 Å². The highest BCUT2D eigenvalue weighted by molar-refractivity contribution is 5.85. The van der Waals surface area contributed by atoms with Crippen molar-refractivity contribution in [3.8, 4) is 0 Å². The normalized spacial score (nSPS) is 38.3. The van der Waals surface area contributed by atoms with Crippen LogP contribution in [0.15, 0.2) is 0 Å². The molecular formula is C10H18ClN3O. The zero-order valence-corrected chi connectivity index (χ0v) is 9.53. The minimum atomic E-state index is 0. The summed E-state index contributed by atoms with van der Waals surface area (Å²) in [6, 6.07) is 0.398. The smallest absolute Gasteiger partial charge is 0.224 e. The molecule has 15 heavy (non-hydrogen) atoms. The number of nitrogens with one attached hydrogen (secondary N) is 3. The van der Waals surface area contributed by atoms with Gasteiger partial charge in [0.1, 0.15) is 0 Å². The molecule has 0 radical (unpaired) electrons. The molecule has 3 aliphatic rings. The quantitative estimate of drug-likeness (QED) is 0.601. The molecule has 0 aromatic rings. The summed E-state index contributed by atoms with van der Waals surface area (Å²) in [6.07, 6.45) is 2.29. The second-order valence-electron chi connectivity index (χ2n) is 4.91. The van der Waals surface area contributed by atoms with Gasteiger partial charge in [-0.15, -0.1) is 12.4 Å². The van der Waals surface area contributed by atoms with Crippen molar-refractivity contribution < 1.29 is 4.79 Å². The van der Waals surface area contributed by atoms with Crippen LogP contribution < -0.4 is 16.0 Å². The summed E-state index contributed by atoms with van der Waals surface area (Å²) in [5.41, 5.74) is 0.348. The average molecular weight is 232 g/mol. The van der Waals surface area contributed by atoms with Crippen molar-refractivity contribution in [2.45, 2.75) is 18.9 Å². The average Bonchev–Trinajstić information content (AvgIpc) is 2.57. The Labute approximate surface area is 96.0 Å². The second-order valence-corrected chi connectivity index (χ2v) is 4.91. The van der Waals surface area contributed by atoms with Crippen LogP contribution in [-0.2, 0) is 4.79 Å². The van der Waals surface area contributed by atoms with Crippen LogP contribution in [0.25, 0.3) is 0 Å². The van der Waals surface area contributed by atoms with E-state index in [1.54, 1.807) is 0 Å². The van der Waals surface area contributed by atoms with E-state index in [1.807, 2.05) is 0 Å². The molecule has 4 nitrogen and oxygen atoms in total. The Hall–Kier alpha value is -0.320. The fraction of sp³-hybridized carbons (Fsp3) is 0.900. The number of carbonyl (C=O) groups excluding carboxylic acids is 1. The Morgan fingerprint density at radius 1 is 1.33 bits per heavy atom. The zero-order valence-electron chi connectivity index (χ0n) is 8.71.